The predicted molar refractivity (Wildman–Crippen MR) is 75.3 cm³/mol. The lowest BCUT2D eigenvalue weighted by Gasteiger charge is -2.10. The molecule has 1 heterocycles. The highest BCUT2D eigenvalue weighted by molar-refractivity contribution is 7.12. The molecule has 1 amide bonds. The van der Waals surface area contributed by atoms with E-state index in [4.69, 9.17) is 0 Å². The van der Waals surface area contributed by atoms with E-state index in [1.54, 1.807) is 12.1 Å². The van der Waals surface area contributed by atoms with E-state index in [1.165, 1.54) is 0 Å². The first-order valence-electron chi connectivity index (χ1n) is 5.95. The first-order chi connectivity index (χ1) is 8.61. The highest BCUT2D eigenvalue weighted by Crippen LogP contribution is 2.15. The molecule has 94 valence electrons. The van der Waals surface area contributed by atoms with E-state index in [2.05, 4.69) is 5.32 Å². The first kappa shape index (κ1) is 12.8. The van der Waals surface area contributed by atoms with Gasteiger partial charge in [0.15, 0.2) is 0 Å². The second kappa shape index (κ2) is 5.31. The van der Waals surface area contributed by atoms with Crippen molar-refractivity contribution < 1.29 is 4.79 Å². The van der Waals surface area contributed by atoms with Gasteiger partial charge in [0.1, 0.15) is 0 Å². The Bertz CT molecular complexity index is 633. The molecule has 0 fully saturated rings. The summed E-state index contributed by atoms with van der Waals surface area (Å²) in [4.78, 5) is 24.3. The van der Waals surface area contributed by atoms with Crippen LogP contribution in [-0.4, -0.2) is 11.9 Å². The van der Waals surface area contributed by atoms with Crippen LogP contribution in [0.3, 0.4) is 0 Å². The van der Waals surface area contributed by atoms with Crippen molar-refractivity contribution in [3.63, 3.8) is 0 Å². The second-order valence-electron chi connectivity index (χ2n) is 4.27. The number of benzene rings is 1. The Labute approximate surface area is 109 Å². The van der Waals surface area contributed by atoms with Crippen LogP contribution in [0.1, 0.15) is 29.9 Å². The standard InChI is InChI=1S/C14H15NO2S/c1-3-9(2)15-13(16)12-8-10-6-4-5-7-11(10)14(17)18-12/h4-9H,3H2,1-2H3,(H,15,16). The van der Waals surface area contributed by atoms with E-state index in [0.717, 1.165) is 23.1 Å². The molecule has 1 unspecified atom stereocenters. The number of nitrogens with one attached hydrogen (secondary N) is 1. The van der Waals surface area contributed by atoms with E-state index in [0.29, 0.717) is 10.3 Å². The molecular weight excluding hydrogens is 246 g/mol. The minimum absolute atomic E-state index is 0.0672. The molecule has 0 saturated carbocycles. The van der Waals surface area contributed by atoms with E-state index >= 15 is 0 Å². The van der Waals surface area contributed by atoms with Gasteiger partial charge in [-0.05, 0) is 30.9 Å². The highest BCUT2D eigenvalue weighted by atomic mass is 32.1. The number of hydrogen-bond acceptors (Lipinski definition) is 3. The van der Waals surface area contributed by atoms with Gasteiger partial charge in [-0.15, -0.1) is 0 Å². The summed E-state index contributed by atoms with van der Waals surface area (Å²) in [7, 11) is 0. The van der Waals surface area contributed by atoms with E-state index in [-0.39, 0.29) is 16.7 Å². The number of rotatable bonds is 3. The van der Waals surface area contributed by atoms with Crippen molar-refractivity contribution in [2.75, 3.05) is 0 Å². The third-order valence-electron chi connectivity index (χ3n) is 2.88. The van der Waals surface area contributed by atoms with Gasteiger partial charge in [-0.1, -0.05) is 36.5 Å². The van der Waals surface area contributed by atoms with Gasteiger partial charge in [0.05, 0.1) is 4.88 Å². The van der Waals surface area contributed by atoms with Gasteiger partial charge in [-0.3, -0.25) is 9.59 Å². The Hall–Kier alpha value is -1.68. The SMILES string of the molecule is CCC(C)NC(=O)c1cc2ccccc2c(=O)s1. The maximum absolute atomic E-state index is 12.0. The van der Waals surface area contributed by atoms with Crippen LogP contribution in [-0.2, 0) is 0 Å². The van der Waals surface area contributed by atoms with Crippen molar-refractivity contribution in [3.8, 4) is 0 Å². The van der Waals surface area contributed by atoms with Crippen molar-refractivity contribution >= 4 is 28.0 Å². The van der Waals surface area contributed by atoms with Crippen molar-refractivity contribution in [1.29, 1.82) is 0 Å². The molecule has 0 bridgehead atoms. The molecule has 1 N–H and O–H groups in total. The minimum Gasteiger partial charge on any atom is -0.349 e. The summed E-state index contributed by atoms with van der Waals surface area (Å²) in [6, 6.07) is 9.22. The molecule has 0 saturated heterocycles. The largest absolute Gasteiger partial charge is 0.349 e. The van der Waals surface area contributed by atoms with Gasteiger partial charge in [-0.25, -0.2) is 0 Å². The topological polar surface area (TPSA) is 46.2 Å². The molecule has 4 heteroatoms. The third kappa shape index (κ3) is 2.59. The summed E-state index contributed by atoms with van der Waals surface area (Å²) in [6.45, 7) is 3.95. The van der Waals surface area contributed by atoms with Crippen LogP contribution in [0.25, 0.3) is 10.8 Å². The first-order valence-corrected chi connectivity index (χ1v) is 6.77. The fourth-order valence-corrected chi connectivity index (χ4v) is 2.48. The van der Waals surface area contributed by atoms with Crippen molar-refractivity contribution in [2.45, 2.75) is 26.3 Å². The van der Waals surface area contributed by atoms with Gasteiger partial charge < -0.3 is 5.32 Å². The zero-order chi connectivity index (χ0) is 13.1. The van der Waals surface area contributed by atoms with Crippen LogP contribution >= 0.6 is 11.3 Å². The van der Waals surface area contributed by atoms with Gasteiger partial charge in [0.25, 0.3) is 5.91 Å². The molecule has 0 spiro atoms. The number of fused-ring (bicyclic) bond motifs is 1. The van der Waals surface area contributed by atoms with E-state index in [9.17, 15) is 9.59 Å². The number of carbonyl (C=O) groups excluding carboxylic acids is 1. The predicted octanol–water partition coefficient (Wildman–Crippen LogP) is 2.79. The molecule has 1 atom stereocenters. The number of hydrogen-bond donors (Lipinski definition) is 1. The van der Waals surface area contributed by atoms with E-state index < -0.39 is 0 Å². The fourth-order valence-electron chi connectivity index (χ4n) is 1.64. The summed E-state index contributed by atoms with van der Waals surface area (Å²) >= 11 is 1.000. The molecule has 0 aliphatic heterocycles. The van der Waals surface area contributed by atoms with Crippen LogP contribution in [0.4, 0.5) is 0 Å². The Kier molecular flexibility index (Phi) is 3.77. The summed E-state index contributed by atoms with van der Waals surface area (Å²) in [5, 5.41) is 4.35. The molecule has 18 heavy (non-hydrogen) atoms. The summed E-state index contributed by atoms with van der Waals surface area (Å²) < 4.78 is -0.0672. The van der Waals surface area contributed by atoms with Crippen LogP contribution in [0.5, 0.6) is 0 Å². The maximum Gasteiger partial charge on any atom is 0.261 e. The monoisotopic (exact) mass is 261 g/mol. The van der Waals surface area contributed by atoms with Crippen LogP contribution < -0.4 is 10.1 Å². The minimum atomic E-state index is -0.169. The Balaban J connectivity index is 2.41. The molecule has 2 rings (SSSR count). The molecular formula is C14H15NO2S. The van der Waals surface area contributed by atoms with Crippen LogP contribution in [0.2, 0.25) is 0 Å². The molecule has 1 aromatic heterocycles. The fraction of sp³-hybridized carbons (Fsp3) is 0.286. The molecule has 1 aromatic carbocycles. The van der Waals surface area contributed by atoms with Crippen molar-refractivity contribution in [1.82, 2.24) is 5.32 Å². The van der Waals surface area contributed by atoms with E-state index in [1.807, 2.05) is 32.0 Å². The van der Waals surface area contributed by atoms with Crippen molar-refractivity contribution in [3.05, 3.63) is 44.7 Å². The van der Waals surface area contributed by atoms with Gasteiger partial charge in [0.2, 0.25) is 4.74 Å². The lowest BCUT2D eigenvalue weighted by atomic mass is 10.2. The second-order valence-corrected chi connectivity index (χ2v) is 5.28. The zero-order valence-corrected chi connectivity index (χ0v) is 11.2. The zero-order valence-electron chi connectivity index (χ0n) is 10.4. The van der Waals surface area contributed by atoms with Gasteiger partial charge in [-0.2, -0.15) is 0 Å². The van der Waals surface area contributed by atoms with Gasteiger partial charge in [0, 0.05) is 11.4 Å². The molecule has 0 aliphatic rings. The summed E-state index contributed by atoms with van der Waals surface area (Å²) in [5.74, 6) is -0.169. The van der Waals surface area contributed by atoms with Gasteiger partial charge >= 0.3 is 0 Å². The highest BCUT2D eigenvalue weighted by Gasteiger charge is 2.11. The maximum atomic E-state index is 12.0. The Morgan fingerprint density at radius 2 is 2.11 bits per heavy atom. The van der Waals surface area contributed by atoms with Crippen molar-refractivity contribution in [2.24, 2.45) is 0 Å². The Morgan fingerprint density at radius 3 is 2.83 bits per heavy atom. The lowest BCUT2D eigenvalue weighted by Crippen LogP contribution is -2.31. The Morgan fingerprint density at radius 1 is 1.39 bits per heavy atom. The molecule has 0 radical (unpaired) electrons. The normalized spacial score (nSPS) is 12.3. The number of carbonyl (C=O) groups is 1. The van der Waals surface area contributed by atoms with Crippen LogP contribution in [0, 0.1) is 0 Å². The average Bonchev–Trinajstić information content (AvgIpc) is 2.38. The molecule has 2 aromatic rings. The number of amides is 1. The summed E-state index contributed by atoms with van der Waals surface area (Å²) in [5.41, 5.74) is 0. The third-order valence-corrected chi connectivity index (χ3v) is 3.81. The lowest BCUT2D eigenvalue weighted by molar-refractivity contribution is 0.0943. The molecule has 0 aliphatic carbocycles. The quantitative estimate of drug-likeness (QED) is 0.923. The smallest absolute Gasteiger partial charge is 0.261 e. The van der Waals surface area contributed by atoms with Crippen LogP contribution in [0.15, 0.2) is 35.1 Å². The molecule has 3 nitrogen and oxygen atoms in total. The summed E-state index contributed by atoms with van der Waals surface area (Å²) in [6.07, 6.45) is 0.869. The average molecular weight is 261 g/mol.